The molecule has 2 N–H and O–H groups in total. The molecule has 74 valence electrons. The van der Waals surface area contributed by atoms with E-state index in [2.05, 4.69) is 23.2 Å². The van der Waals surface area contributed by atoms with E-state index >= 15 is 0 Å². The van der Waals surface area contributed by atoms with Crippen LogP contribution in [0.25, 0.3) is 20.7 Å². The molecule has 0 saturated carbocycles. The van der Waals surface area contributed by atoms with Gasteiger partial charge in [0, 0.05) is 4.70 Å². The Morgan fingerprint density at radius 1 is 1.27 bits per heavy atom. The van der Waals surface area contributed by atoms with E-state index in [1.165, 1.54) is 10.1 Å². The monoisotopic (exact) mass is 216 g/mol. The predicted octanol–water partition coefficient (Wildman–Crippen LogP) is 3.14. The van der Waals surface area contributed by atoms with Crippen LogP contribution >= 0.6 is 11.3 Å². The third-order valence-corrected chi connectivity index (χ3v) is 3.34. The first-order chi connectivity index (χ1) is 7.33. The fourth-order valence-corrected chi connectivity index (χ4v) is 2.52. The number of hydrogen-bond donors (Lipinski definition) is 1. The number of benzene rings is 1. The Labute approximate surface area is 90.2 Å². The maximum atomic E-state index is 5.44. The van der Waals surface area contributed by atoms with E-state index < -0.39 is 0 Å². The van der Waals surface area contributed by atoms with Gasteiger partial charge >= 0.3 is 0 Å². The molecule has 0 spiro atoms. The third-order valence-electron chi connectivity index (χ3n) is 2.20. The lowest BCUT2D eigenvalue weighted by atomic mass is 10.2. The van der Waals surface area contributed by atoms with Crippen molar-refractivity contribution in [2.75, 3.05) is 5.73 Å². The van der Waals surface area contributed by atoms with E-state index in [4.69, 9.17) is 10.2 Å². The van der Waals surface area contributed by atoms with Gasteiger partial charge in [0.1, 0.15) is 12.0 Å². The molecule has 3 rings (SSSR count). The summed E-state index contributed by atoms with van der Waals surface area (Å²) in [6.45, 7) is 0. The van der Waals surface area contributed by atoms with Crippen LogP contribution in [-0.2, 0) is 0 Å². The molecule has 0 radical (unpaired) electrons. The summed E-state index contributed by atoms with van der Waals surface area (Å²) < 4.78 is 6.23. The summed E-state index contributed by atoms with van der Waals surface area (Å²) in [4.78, 5) is 5.18. The molecule has 2 aromatic heterocycles. The Bertz CT molecular complexity index is 579. The van der Waals surface area contributed by atoms with Crippen LogP contribution in [0.4, 0.5) is 6.01 Å². The highest BCUT2D eigenvalue weighted by Crippen LogP contribution is 2.32. The minimum atomic E-state index is 0.211. The van der Waals surface area contributed by atoms with Gasteiger partial charge in [0.05, 0.1) is 4.88 Å². The molecule has 0 saturated heterocycles. The van der Waals surface area contributed by atoms with Crippen LogP contribution < -0.4 is 5.73 Å². The molecule has 0 fully saturated rings. The van der Waals surface area contributed by atoms with E-state index in [1.54, 1.807) is 17.6 Å². The molecule has 0 bridgehead atoms. The second-order valence-electron chi connectivity index (χ2n) is 3.22. The normalized spacial score (nSPS) is 10.9. The van der Waals surface area contributed by atoms with Gasteiger partial charge in [0.2, 0.25) is 0 Å². The lowest BCUT2D eigenvalue weighted by Gasteiger charge is -1.83. The van der Waals surface area contributed by atoms with Crippen molar-refractivity contribution in [3.05, 3.63) is 36.6 Å². The average Bonchev–Trinajstić information content (AvgIpc) is 2.82. The van der Waals surface area contributed by atoms with Crippen LogP contribution in [-0.4, -0.2) is 4.98 Å². The molecule has 3 nitrogen and oxygen atoms in total. The molecular formula is C11H8N2OS. The summed E-state index contributed by atoms with van der Waals surface area (Å²) in [6.07, 6.45) is 1.58. The van der Waals surface area contributed by atoms with E-state index in [0.29, 0.717) is 0 Å². The van der Waals surface area contributed by atoms with E-state index in [0.717, 1.165) is 10.6 Å². The molecule has 2 heterocycles. The van der Waals surface area contributed by atoms with Crippen molar-refractivity contribution < 1.29 is 4.42 Å². The smallest absolute Gasteiger partial charge is 0.292 e. The van der Waals surface area contributed by atoms with Crippen LogP contribution in [0.3, 0.4) is 0 Å². The fourth-order valence-electron chi connectivity index (χ4n) is 1.51. The van der Waals surface area contributed by atoms with Crippen LogP contribution in [0.2, 0.25) is 0 Å². The largest absolute Gasteiger partial charge is 0.432 e. The van der Waals surface area contributed by atoms with Crippen LogP contribution in [0.5, 0.6) is 0 Å². The Morgan fingerprint density at radius 2 is 2.13 bits per heavy atom. The number of fused-ring (bicyclic) bond motifs is 1. The number of anilines is 1. The first kappa shape index (κ1) is 8.49. The standard InChI is InChI=1S/C11H8N2OS/c12-11-13-8(6-14-11)10-5-7-3-1-2-4-9(7)15-10/h1-6H,(H2,12,13). The number of thiophene rings is 1. The second kappa shape index (κ2) is 3.10. The Balaban J connectivity index is 2.19. The summed E-state index contributed by atoms with van der Waals surface area (Å²) in [5.74, 6) is 0. The van der Waals surface area contributed by atoms with Crippen LogP contribution in [0.1, 0.15) is 0 Å². The predicted molar refractivity (Wildman–Crippen MR) is 61.7 cm³/mol. The van der Waals surface area contributed by atoms with E-state index in [1.807, 2.05) is 12.1 Å². The number of nitrogen functional groups attached to an aromatic ring is 1. The summed E-state index contributed by atoms with van der Waals surface area (Å²) in [7, 11) is 0. The first-order valence-electron chi connectivity index (χ1n) is 4.53. The van der Waals surface area contributed by atoms with Crippen molar-refractivity contribution in [2.24, 2.45) is 0 Å². The molecule has 0 amide bonds. The number of oxazole rings is 1. The molecular weight excluding hydrogens is 208 g/mol. The van der Waals surface area contributed by atoms with Crippen molar-refractivity contribution in [3.63, 3.8) is 0 Å². The van der Waals surface area contributed by atoms with Crippen molar-refractivity contribution in [3.8, 4) is 10.6 Å². The molecule has 0 aliphatic rings. The Hall–Kier alpha value is -1.81. The van der Waals surface area contributed by atoms with Gasteiger partial charge in [-0.15, -0.1) is 11.3 Å². The number of aromatic nitrogens is 1. The van der Waals surface area contributed by atoms with Crippen molar-refractivity contribution in [1.82, 2.24) is 4.98 Å². The number of nitrogens with zero attached hydrogens (tertiary/aromatic N) is 1. The van der Waals surface area contributed by atoms with Gasteiger partial charge in [0.15, 0.2) is 0 Å². The summed E-state index contributed by atoms with van der Waals surface area (Å²) in [5.41, 5.74) is 6.24. The molecule has 0 aliphatic heterocycles. The summed E-state index contributed by atoms with van der Waals surface area (Å²) >= 11 is 1.69. The summed E-state index contributed by atoms with van der Waals surface area (Å²) in [6, 6.07) is 10.5. The molecule has 3 aromatic rings. The highest BCUT2D eigenvalue weighted by Gasteiger charge is 2.07. The summed E-state index contributed by atoms with van der Waals surface area (Å²) in [5, 5.41) is 1.22. The van der Waals surface area contributed by atoms with Crippen molar-refractivity contribution in [2.45, 2.75) is 0 Å². The number of hydrogen-bond acceptors (Lipinski definition) is 4. The number of rotatable bonds is 1. The van der Waals surface area contributed by atoms with Crippen molar-refractivity contribution >= 4 is 27.4 Å². The molecule has 4 heteroatoms. The van der Waals surface area contributed by atoms with Crippen LogP contribution in [0, 0.1) is 0 Å². The fraction of sp³-hybridized carbons (Fsp3) is 0. The lowest BCUT2D eigenvalue weighted by Crippen LogP contribution is -1.81. The highest BCUT2D eigenvalue weighted by molar-refractivity contribution is 7.22. The van der Waals surface area contributed by atoms with Crippen LogP contribution in [0.15, 0.2) is 41.0 Å². The minimum Gasteiger partial charge on any atom is -0.432 e. The second-order valence-corrected chi connectivity index (χ2v) is 4.30. The Kier molecular flexibility index (Phi) is 1.76. The topological polar surface area (TPSA) is 52.0 Å². The molecule has 0 aliphatic carbocycles. The van der Waals surface area contributed by atoms with Crippen molar-refractivity contribution in [1.29, 1.82) is 0 Å². The molecule has 0 atom stereocenters. The van der Waals surface area contributed by atoms with Gasteiger partial charge in [-0.2, -0.15) is 4.98 Å². The van der Waals surface area contributed by atoms with Gasteiger partial charge in [-0.05, 0) is 17.5 Å². The van der Waals surface area contributed by atoms with Gasteiger partial charge < -0.3 is 10.2 Å². The SMILES string of the molecule is Nc1nc(-c2cc3ccccc3s2)co1. The number of nitrogens with two attached hydrogens (primary N) is 1. The molecule has 0 unspecified atom stereocenters. The minimum absolute atomic E-state index is 0.211. The zero-order chi connectivity index (χ0) is 10.3. The van der Waals surface area contributed by atoms with Gasteiger partial charge in [-0.3, -0.25) is 0 Å². The third kappa shape index (κ3) is 1.39. The maximum absolute atomic E-state index is 5.44. The van der Waals surface area contributed by atoms with E-state index in [-0.39, 0.29) is 6.01 Å². The molecule has 15 heavy (non-hydrogen) atoms. The van der Waals surface area contributed by atoms with Gasteiger partial charge in [-0.1, -0.05) is 18.2 Å². The van der Waals surface area contributed by atoms with E-state index in [9.17, 15) is 0 Å². The van der Waals surface area contributed by atoms with Gasteiger partial charge in [0.25, 0.3) is 6.01 Å². The quantitative estimate of drug-likeness (QED) is 0.679. The lowest BCUT2D eigenvalue weighted by molar-refractivity contribution is 0.581. The maximum Gasteiger partial charge on any atom is 0.292 e. The Morgan fingerprint density at radius 3 is 2.87 bits per heavy atom. The highest BCUT2D eigenvalue weighted by atomic mass is 32.1. The van der Waals surface area contributed by atoms with Gasteiger partial charge in [-0.25, -0.2) is 0 Å². The molecule has 1 aromatic carbocycles. The zero-order valence-electron chi connectivity index (χ0n) is 7.81. The first-order valence-corrected chi connectivity index (χ1v) is 5.34. The average molecular weight is 216 g/mol. The zero-order valence-corrected chi connectivity index (χ0v) is 8.62.